The number of methoxy groups -OCH3 is 1. The molecule has 1 fully saturated rings. The van der Waals surface area contributed by atoms with E-state index in [0.717, 1.165) is 49.2 Å². The van der Waals surface area contributed by atoms with Crippen LogP contribution in [0.15, 0.2) is 29.2 Å². The second-order valence-electron chi connectivity index (χ2n) is 4.59. The lowest BCUT2D eigenvalue weighted by molar-refractivity contribution is 0.142. The average Bonchev–Trinajstić information content (AvgIpc) is 2.53. The Balaban J connectivity index is 1.90. The van der Waals surface area contributed by atoms with Crippen LogP contribution in [0.4, 0.5) is 9.59 Å². The van der Waals surface area contributed by atoms with E-state index in [0.29, 0.717) is 5.75 Å². The van der Waals surface area contributed by atoms with Crippen molar-refractivity contribution in [3.63, 3.8) is 0 Å². The first kappa shape index (κ1) is 15.5. The van der Waals surface area contributed by atoms with Crippen LogP contribution in [-0.2, 0) is 4.74 Å². The molecule has 7 heteroatoms. The molecular formula is C14H18N2O4S. The molecule has 0 radical (unpaired) electrons. The number of rotatable bonds is 3. The monoisotopic (exact) mass is 310 g/mol. The number of nitrogens with zero attached hydrogens (tertiary/aromatic N) is 1. The molecule has 21 heavy (non-hydrogen) atoms. The number of likely N-dealkylation sites (tertiary alicyclic amines) is 1. The molecule has 2 rings (SSSR count). The average molecular weight is 310 g/mol. The van der Waals surface area contributed by atoms with E-state index in [-0.39, 0.29) is 6.09 Å². The molecule has 1 heterocycles. The quantitative estimate of drug-likeness (QED) is 0.869. The highest BCUT2D eigenvalue weighted by Crippen LogP contribution is 2.22. The van der Waals surface area contributed by atoms with Gasteiger partial charge in [0.2, 0.25) is 0 Å². The van der Waals surface area contributed by atoms with Crippen LogP contribution < -0.4 is 9.46 Å². The molecule has 0 bridgehead atoms. The SMILES string of the molecule is COC(=O)NSc1cccc(OC(=O)N2CCCCC2)c1. The molecule has 2 amide bonds. The van der Waals surface area contributed by atoms with E-state index in [1.54, 1.807) is 29.2 Å². The van der Waals surface area contributed by atoms with Gasteiger partial charge in [0, 0.05) is 18.0 Å². The first-order valence-electron chi connectivity index (χ1n) is 6.76. The Hall–Kier alpha value is -1.89. The lowest BCUT2D eigenvalue weighted by Gasteiger charge is -2.25. The highest BCUT2D eigenvalue weighted by Gasteiger charge is 2.18. The predicted molar refractivity (Wildman–Crippen MR) is 79.3 cm³/mol. The lowest BCUT2D eigenvalue weighted by atomic mass is 10.1. The molecule has 0 aromatic heterocycles. The Morgan fingerprint density at radius 1 is 1.24 bits per heavy atom. The number of carbonyl (C=O) groups is 2. The molecule has 1 aliphatic heterocycles. The summed E-state index contributed by atoms with van der Waals surface area (Å²) >= 11 is 1.10. The van der Waals surface area contributed by atoms with E-state index in [2.05, 4.69) is 9.46 Å². The summed E-state index contributed by atoms with van der Waals surface area (Å²) in [6.07, 6.45) is 2.35. The molecule has 1 aliphatic rings. The van der Waals surface area contributed by atoms with Crippen LogP contribution in [-0.4, -0.2) is 37.3 Å². The largest absolute Gasteiger partial charge is 0.452 e. The summed E-state index contributed by atoms with van der Waals surface area (Å²) in [4.78, 5) is 25.5. The number of hydrogen-bond donors (Lipinski definition) is 1. The summed E-state index contributed by atoms with van der Waals surface area (Å²) in [6, 6.07) is 6.98. The van der Waals surface area contributed by atoms with E-state index in [9.17, 15) is 9.59 Å². The van der Waals surface area contributed by atoms with Gasteiger partial charge in [0.15, 0.2) is 0 Å². The Morgan fingerprint density at radius 2 is 2.00 bits per heavy atom. The van der Waals surface area contributed by atoms with Crippen molar-refractivity contribution < 1.29 is 19.1 Å². The number of amides is 2. The minimum atomic E-state index is -0.532. The maximum absolute atomic E-state index is 12.0. The van der Waals surface area contributed by atoms with Crippen LogP contribution >= 0.6 is 11.9 Å². The van der Waals surface area contributed by atoms with Crippen LogP contribution in [0.5, 0.6) is 5.75 Å². The predicted octanol–water partition coefficient (Wildman–Crippen LogP) is 3.03. The third-order valence-electron chi connectivity index (χ3n) is 3.06. The molecule has 0 unspecified atom stereocenters. The summed E-state index contributed by atoms with van der Waals surface area (Å²) in [7, 11) is 1.30. The third kappa shape index (κ3) is 4.86. The van der Waals surface area contributed by atoms with Crippen molar-refractivity contribution in [3.05, 3.63) is 24.3 Å². The number of piperidine rings is 1. The summed E-state index contributed by atoms with van der Waals surface area (Å²) in [6.45, 7) is 1.49. The molecule has 1 N–H and O–H groups in total. The molecule has 1 aromatic carbocycles. The van der Waals surface area contributed by atoms with Gasteiger partial charge in [-0.3, -0.25) is 4.72 Å². The molecule has 6 nitrogen and oxygen atoms in total. The van der Waals surface area contributed by atoms with E-state index in [1.807, 2.05) is 0 Å². The fourth-order valence-electron chi connectivity index (χ4n) is 1.99. The van der Waals surface area contributed by atoms with Gasteiger partial charge >= 0.3 is 12.2 Å². The van der Waals surface area contributed by atoms with Gasteiger partial charge in [-0.05, 0) is 49.4 Å². The molecule has 0 atom stereocenters. The normalized spacial score (nSPS) is 14.4. The molecule has 0 saturated carbocycles. The van der Waals surface area contributed by atoms with Gasteiger partial charge in [-0.15, -0.1) is 0 Å². The minimum absolute atomic E-state index is 0.322. The zero-order valence-electron chi connectivity index (χ0n) is 11.8. The fraction of sp³-hybridized carbons (Fsp3) is 0.429. The minimum Gasteiger partial charge on any atom is -0.452 e. The van der Waals surface area contributed by atoms with Crippen molar-refractivity contribution in [2.24, 2.45) is 0 Å². The van der Waals surface area contributed by atoms with Crippen molar-refractivity contribution in [3.8, 4) is 5.75 Å². The molecular weight excluding hydrogens is 292 g/mol. The van der Waals surface area contributed by atoms with Crippen LogP contribution in [0, 0.1) is 0 Å². The first-order chi connectivity index (χ1) is 10.2. The summed E-state index contributed by atoms with van der Waals surface area (Å²) < 4.78 is 12.3. The molecule has 1 saturated heterocycles. The molecule has 1 aromatic rings. The van der Waals surface area contributed by atoms with Crippen LogP contribution in [0.3, 0.4) is 0 Å². The Kier molecular flexibility index (Phi) is 5.74. The number of ether oxygens (including phenoxy) is 2. The first-order valence-corrected chi connectivity index (χ1v) is 7.58. The van der Waals surface area contributed by atoms with Gasteiger partial charge in [0.05, 0.1) is 7.11 Å². The highest BCUT2D eigenvalue weighted by molar-refractivity contribution is 7.98. The van der Waals surface area contributed by atoms with Gasteiger partial charge in [-0.1, -0.05) is 6.07 Å². The molecule has 114 valence electrons. The van der Waals surface area contributed by atoms with E-state index >= 15 is 0 Å². The number of benzene rings is 1. The zero-order valence-corrected chi connectivity index (χ0v) is 12.6. The number of nitrogens with one attached hydrogen (secondary N) is 1. The maximum atomic E-state index is 12.0. The van der Waals surface area contributed by atoms with Gasteiger partial charge in [-0.2, -0.15) is 0 Å². The Bertz CT molecular complexity index is 504. The van der Waals surface area contributed by atoms with Gasteiger partial charge in [0.25, 0.3) is 0 Å². The second-order valence-corrected chi connectivity index (χ2v) is 5.47. The number of hydrogen-bond acceptors (Lipinski definition) is 5. The smallest absolute Gasteiger partial charge is 0.417 e. The number of carbonyl (C=O) groups excluding carboxylic acids is 2. The van der Waals surface area contributed by atoms with Crippen LogP contribution in [0.2, 0.25) is 0 Å². The summed E-state index contributed by atoms with van der Waals surface area (Å²) in [5.74, 6) is 0.460. The third-order valence-corrected chi connectivity index (χ3v) is 3.82. The maximum Gasteiger partial charge on any atom is 0.417 e. The van der Waals surface area contributed by atoms with E-state index in [4.69, 9.17) is 4.74 Å². The van der Waals surface area contributed by atoms with Gasteiger partial charge in [-0.25, -0.2) is 9.59 Å². The fourth-order valence-corrected chi connectivity index (χ4v) is 2.59. The summed E-state index contributed by atoms with van der Waals surface area (Å²) in [5.41, 5.74) is 0. The van der Waals surface area contributed by atoms with Gasteiger partial charge < -0.3 is 14.4 Å². The van der Waals surface area contributed by atoms with Crippen LogP contribution in [0.25, 0.3) is 0 Å². The topological polar surface area (TPSA) is 67.9 Å². The molecule has 0 spiro atoms. The Morgan fingerprint density at radius 3 is 2.71 bits per heavy atom. The van der Waals surface area contributed by atoms with Crippen molar-refractivity contribution in [2.45, 2.75) is 24.2 Å². The van der Waals surface area contributed by atoms with Crippen molar-refractivity contribution in [1.82, 2.24) is 9.62 Å². The van der Waals surface area contributed by atoms with Crippen molar-refractivity contribution in [1.29, 1.82) is 0 Å². The standard InChI is InChI=1S/C14H18N2O4S/c1-19-13(17)15-21-12-7-5-6-11(10-12)20-14(18)16-8-3-2-4-9-16/h5-7,10H,2-4,8-9H2,1H3,(H,15,17). The summed E-state index contributed by atoms with van der Waals surface area (Å²) in [5, 5.41) is 0. The highest BCUT2D eigenvalue weighted by atomic mass is 32.2. The Labute approximate surface area is 127 Å². The second kappa shape index (κ2) is 7.78. The van der Waals surface area contributed by atoms with Crippen LogP contribution in [0.1, 0.15) is 19.3 Å². The van der Waals surface area contributed by atoms with E-state index in [1.165, 1.54) is 7.11 Å². The van der Waals surface area contributed by atoms with E-state index < -0.39 is 6.09 Å². The zero-order chi connectivity index (χ0) is 15.1. The molecule has 0 aliphatic carbocycles. The van der Waals surface area contributed by atoms with Crippen molar-refractivity contribution >= 4 is 24.1 Å². The lowest BCUT2D eigenvalue weighted by Crippen LogP contribution is -2.37. The van der Waals surface area contributed by atoms with Crippen molar-refractivity contribution in [2.75, 3.05) is 20.2 Å². The van der Waals surface area contributed by atoms with Gasteiger partial charge in [0.1, 0.15) is 5.75 Å².